The summed E-state index contributed by atoms with van der Waals surface area (Å²) >= 11 is 0. The smallest absolute Gasteiger partial charge is 0.159 e. The van der Waals surface area contributed by atoms with Gasteiger partial charge in [0.25, 0.3) is 0 Å². The molecule has 1 aromatic rings. The highest BCUT2D eigenvalue weighted by Gasteiger charge is 2.21. The van der Waals surface area contributed by atoms with Crippen LogP contribution in [0.5, 0.6) is 0 Å². The van der Waals surface area contributed by atoms with E-state index in [2.05, 4.69) is 16.1 Å². The topological polar surface area (TPSA) is 6.48 Å². The zero-order chi connectivity index (χ0) is 13.9. The van der Waals surface area contributed by atoms with E-state index in [1.165, 1.54) is 31.4 Å². The van der Waals surface area contributed by atoms with E-state index in [0.717, 1.165) is 43.7 Å². The highest BCUT2D eigenvalue weighted by Crippen LogP contribution is 2.25. The predicted molar refractivity (Wildman–Crippen MR) is 75.9 cm³/mol. The molecule has 0 saturated carbocycles. The minimum Gasteiger partial charge on any atom is -0.241 e. The zero-order valence-electron chi connectivity index (χ0n) is 11.6. The van der Waals surface area contributed by atoms with Crippen LogP contribution in [0.4, 0.5) is 8.78 Å². The normalized spacial score (nSPS) is 21.8. The molecule has 4 heteroatoms. The van der Waals surface area contributed by atoms with Crippen molar-refractivity contribution in [3.63, 3.8) is 0 Å². The molecule has 0 amide bonds. The Balaban J connectivity index is 1.68. The first-order valence-corrected chi connectivity index (χ1v) is 7.38. The van der Waals surface area contributed by atoms with Crippen LogP contribution in [0, 0.1) is 11.6 Å². The lowest BCUT2D eigenvalue weighted by molar-refractivity contribution is -0.0304. The molecule has 20 heavy (non-hydrogen) atoms. The van der Waals surface area contributed by atoms with Gasteiger partial charge >= 0.3 is 0 Å². The summed E-state index contributed by atoms with van der Waals surface area (Å²) in [5.41, 5.74) is 1.93. The molecule has 1 aromatic carbocycles. The fraction of sp³-hybridized carbons (Fsp3) is 0.500. The molecule has 1 saturated heterocycles. The molecule has 0 atom stereocenters. The van der Waals surface area contributed by atoms with E-state index in [0.29, 0.717) is 0 Å². The molecule has 3 rings (SSSR count). The van der Waals surface area contributed by atoms with Gasteiger partial charge in [-0.3, -0.25) is 0 Å². The number of piperidine rings is 1. The van der Waals surface area contributed by atoms with E-state index < -0.39 is 11.6 Å². The summed E-state index contributed by atoms with van der Waals surface area (Å²) in [5.74, 6) is -1.54. The van der Waals surface area contributed by atoms with Crippen LogP contribution in [0.2, 0.25) is 0 Å². The Bertz CT molecular complexity index is 507. The van der Waals surface area contributed by atoms with Gasteiger partial charge in [0.2, 0.25) is 0 Å². The first-order chi connectivity index (χ1) is 9.74. The molecule has 0 N–H and O–H groups in total. The van der Waals surface area contributed by atoms with Gasteiger partial charge in [0.1, 0.15) is 0 Å². The van der Waals surface area contributed by atoms with Crippen LogP contribution in [-0.2, 0) is 0 Å². The SMILES string of the molecule is Fc1ccc(C2=CCN(N3CCCCC3)CC2)cc1F. The molecule has 108 valence electrons. The highest BCUT2D eigenvalue weighted by molar-refractivity contribution is 5.66. The molecule has 0 aliphatic carbocycles. The van der Waals surface area contributed by atoms with E-state index >= 15 is 0 Å². The van der Waals surface area contributed by atoms with Crippen LogP contribution in [0.15, 0.2) is 24.3 Å². The third-order valence-electron chi connectivity index (χ3n) is 4.21. The molecule has 0 unspecified atom stereocenters. The van der Waals surface area contributed by atoms with Gasteiger partial charge in [0.15, 0.2) is 11.6 Å². The van der Waals surface area contributed by atoms with Crippen LogP contribution < -0.4 is 0 Å². The maximum Gasteiger partial charge on any atom is 0.159 e. The van der Waals surface area contributed by atoms with Crippen LogP contribution in [0.1, 0.15) is 31.2 Å². The van der Waals surface area contributed by atoms with Crippen molar-refractivity contribution in [1.82, 2.24) is 10.0 Å². The van der Waals surface area contributed by atoms with E-state index in [9.17, 15) is 8.78 Å². The maximum absolute atomic E-state index is 13.3. The van der Waals surface area contributed by atoms with E-state index in [1.807, 2.05) is 0 Å². The quantitative estimate of drug-likeness (QED) is 0.817. The van der Waals surface area contributed by atoms with Crippen molar-refractivity contribution >= 4 is 5.57 Å². The highest BCUT2D eigenvalue weighted by atomic mass is 19.2. The average Bonchev–Trinajstić information content (AvgIpc) is 2.51. The van der Waals surface area contributed by atoms with Crippen molar-refractivity contribution in [2.75, 3.05) is 26.2 Å². The fourth-order valence-corrected chi connectivity index (χ4v) is 3.03. The minimum absolute atomic E-state index is 0.762. The Morgan fingerprint density at radius 1 is 0.850 bits per heavy atom. The van der Waals surface area contributed by atoms with Crippen molar-refractivity contribution in [1.29, 1.82) is 0 Å². The maximum atomic E-state index is 13.3. The first kappa shape index (κ1) is 13.7. The summed E-state index contributed by atoms with van der Waals surface area (Å²) in [6, 6.07) is 4.18. The lowest BCUT2D eigenvalue weighted by Crippen LogP contribution is -2.47. The van der Waals surface area contributed by atoms with Gasteiger partial charge in [-0.2, -0.15) is 0 Å². The van der Waals surface area contributed by atoms with Crippen molar-refractivity contribution in [2.24, 2.45) is 0 Å². The van der Waals surface area contributed by atoms with Gasteiger partial charge in [-0.15, -0.1) is 0 Å². The van der Waals surface area contributed by atoms with E-state index in [1.54, 1.807) is 6.07 Å². The van der Waals surface area contributed by atoms with Crippen molar-refractivity contribution in [2.45, 2.75) is 25.7 Å². The first-order valence-electron chi connectivity index (χ1n) is 7.38. The largest absolute Gasteiger partial charge is 0.241 e. The van der Waals surface area contributed by atoms with Crippen molar-refractivity contribution in [3.05, 3.63) is 41.5 Å². The van der Waals surface area contributed by atoms with Gasteiger partial charge in [-0.1, -0.05) is 18.6 Å². The number of nitrogens with zero attached hydrogens (tertiary/aromatic N) is 2. The average molecular weight is 278 g/mol. The Labute approximate surface area is 118 Å². The fourth-order valence-electron chi connectivity index (χ4n) is 3.03. The van der Waals surface area contributed by atoms with E-state index in [-0.39, 0.29) is 0 Å². The Morgan fingerprint density at radius 3 is 2.30 bits per heavy atom. The molecule has 0 bridgehead atoms. The third-order valence-corrected chi connectivity index (χ3v) is 4.21. The monoisotopic (exact) mass is 278 g/mol. The Kier molecular flexibility index (Phi) is 4.13. The van der Waals surface area contributed by atoms with Gasteiger partial charge in [0.05, 0.1) is 0 Å². The molecule has 2 aliphatic rings. The molecule has 2 nitrogen and oxygen atoms in total. The lowest BCUT2D eigenvalue weighted by atomic mass is 10.00. The molecule has 1 fully saturated rings. The number of hydrogen-bond acceptors (Lipinski definition) is 2. The van der Waals surface area contributed by atoms with Crippen molar-refractivity contribution < 1.29 is 8.78 Å². The van der Waals surface area contributed by atoms with Crippen molar-refractivity contribution in [3.8, 4) is 0 Å². The van der Waals surface area contributed by atoms with Crippen LogP contribution in [0.3, 0.4) is 0 Å². The second-order valence-electron chi connectivity index (χ2n) is 5.54. The van der Waals surface area contributed by atoms with Gasteiger partial charge in [-0.05, 0) is 42.5 Å². The molecule has 2 heterocycles. The molecule has 2 aliphatic heterocycles. The standard InChI is InChI=1S/C16H20F2N2/c17-15-5-4-14(12-16(15)18)13-6-10-20(11-7-13)19-8-2-1-3-9-19/h4-6,12H,1-3,7-11H2. The summed E-state index contributed by atoms with van der Waals surface area (Å²) in [4.78, 5) is 0. The van der Waals surface area contributed by atoms with Gasteiger partial charge in [0, 0.05) is 26.2 Å². The number of hydrazine groups is 1. The summed E-state index contributed by atoms with van der Waals surface area (Å²) in [5, 5.41) is 4.81. The summed E-state index contributed by atoms with van der Waals surface area (Å²) in [6.45, 7) is 4.13. The second-order valence-corrected chi connectivity index (χ2v) is 5.54. The zero-order valence-corrected chi connectivity index (χ0v) is 11.6. The number of halogens is 2. The molecular formula is C16H20F2N2. The lowest BCUT2D eigenvalue weighted by Gasteiger charge is -2.39. The van der Waals surface area contributed by atoms with E-state index in [4.69, 9.17) is 0 Å². The number of hydrogen-bond donors (Lipinski definition) is 0. The number of benzene rings is 1. The molecule has 0 spiro atoms. The number of rotatable bonds is 2. The summed E-state index contributed by atoms with van der Waals surface area (Å²) < 4.78 is 26.2. The Hall–Kier alpha value is -1.26. The van der Waals surface area contributed by atoms with Gasteiger partial charge in [-0.25, -0.2) is 18.8 Å². The third kappa shape index (κ3) is 2.91. The van der Waals surface area contributed by atoms with Gasteiger partial charge < -0.3 is 0 Å². The Morgan fingerprint density at radius 2 is 1.65 bits per heavy atom. The van der Waals surface area contributed by atoms with Crippen LogP contribution in [-0.4, -0.2) is 36.2 Å². The second kappa shape index (κ2) is 6.02. The molecular weight excluding hydrogens is 258 g/mol. The summed E-state index contributed by atoms with van der Waals surface area (Å²) in [6.07, 6.45) is 6.92. The van der Waals surface area contributed by atoms with Crippen LogP contribution >= 0.6 is 0 Å². The summed E-state index contributed by atoms with van der Waals surface area (Å²) in [7, 11) is 0. The molecule has 0 radical (unpaired) electrons. The predicted octanol–water partition coefficient (Wildman–Crippen LogP) is 3.45. The minimum atomic E-state index is -0.778. The molecule has 0 aromatic heterocycles. The van der Waals surface area contributed by atoms with Crippen LogP contribution in [0.25, 0.3) is 5.57 Å².